The largest absolute Gasteiger partial charge is 0.465 e. The number of nitrogens with zero attached hydrogens (tertiary/aromatic N) is 4. The molecule has 12 nitrogen and oxygen atoms in total. The molecule has 0 aliphatic carbocycles. The summed E-state index contributed by atoms with van der Waals surface area (Å²) in [7, 11) is 8.61. The predicted molar refractivity (Wildman–Crippen MR) is 487 cm³/mol. The Morgan fingerprint density at radius 3 is 0.705 bits per heavy atom. The molecule has 0 aromatic rings. The van der Waals surface area contributed by atoms with Crippen molar-refractivity contribution < 1.29 is 38.1 Å². The zero-order valence-corrected chi connectivity index (χ0v) is 77.9. The van der Waals surface area contributed by atoms with Crippen LogP contribution in [0, 0.1) is 23.7 Å². The van der Waals surface area contributed by atoms with Crippen LogP contribution in [0.25, 0.3) is 0 Å². The molecule has 0 aromatic heterocycles. The minimum absolute atomic E-state index is 0.0142. The second-order valence-corrected chi connectivity index (χ2v) is 35.6. The predicted octanol–water partition coefficient (Wildman–Crippen LogP) is 29.0. The first kappa shape index (κ1) is 112. The highest BCUT2D eigenvalue weighted by Gasteiger charge is 2.22. The molecule has 0 spiro atoms. The minimum atomic E-state index is -0.0252. The van der Waals surface area contributed by atoms with E-state index in [0.717, 1.165) is 96.9 Å². The van der Waals surface area contributed by atoms with Crippen LogP contribution >= 0.6 is 0 Å². The Morgan fingerprint density at radius 2 is 0.429 bits per heavy atom. The van der Waals surface area contributed by atoms with E-state index in [1.165, 1.54) is 379 Å². The van der Waals surface area contributed by atoms with Crippen molar-refractivity contribution >= 4 is 23.9 Å². The quantitative estimate of drug-likeness (QED) is 0.0328. The third kappa shape index (κ3) is 82.8. The Morgan fingerprint density at radius 1 is 0.214 bits per heavy atom. The molecule has 0 amide bonds. The van der Waals surface area contributed by atoms with Crippen molar-refractivity contribution in [2.45, 2.75) is 492 Å². The van der Waals surface area contributed by atoms with Crippen LogP contribution in [0.3, 0.4) is 0 Å². The molecule has 0 saturated heterocycles. The number of rotatable bonds is 90. The van der Waals surface area contributed by atoms with Gasteiger partial charge in [-0.3, -0.25) is 19.2 Å². The van der Waals surface area contributed by atoms with Gasteiger partial charge in [0.05, 0.1) is 38.3 Å². The van der Waals surface area contributed by atoms with Gasteiger partial charge in [0.15, 0.2) is 0 Å². The number of esters is 4. The molecule has 0 fully saturated rings. The number of carbonyl (C=O) groups is 4. The third-order valence-corrected chi connectivity index (χ3v) is 23.8. The maximum absolute atomic E-state index is 12.9. The van der Waals surface area contributed by atoms with E-state index in [2.05, 4.69) is 103 Å². The lowest BCUT2D eigenvalue weighted by Crippen LogP contribution is -2.33. The lowest BCUT2D eigenvalue weighted by Gasteiger charge is -2.24. The van der Waals surface area contributed by atoms with Crippen LogP contribution in [0.15, 0.2) is 0 Å². The highest BCUT2D eigenvalue weighted by atomic mass is 16.5. The molecule has 668 valence electrons. The van der Waals surface area contributed by atoms with Crippen LogP contribution in [-0.2, 0) is 38.1 Å². The monoisotopic (exact) mass is 1590 g/mol. The van der Waals surface area contributed by atoms with E-state index in [-0.39, 0.29) is 35.7 Å². The number of hydrogen-bond acceptors (Lipinski definition) is 12. The third-order valence-electron chi connectivity index (χ3n) is 23.8. The molecule has 0 aromatic carbocycles. The molecule has 4 unspecified atom stereocenters. The molecule has 0 N–H and O–H groups in total. The van der Waals surface area contributed by atoms with Gasteiger partial charge in [0.2, 0.25) is 0 Å². The molecule has 0 heterocycles. The van der Waals surface area contributed by atoms with Crippen LogP contribution in [0.1, 0.15) is 492 Å². The van der Waals surface area contributed by atoms with Crippen LogP contribution in [-0.4, -0.2) is 150 Å². The van der Waals surface area contributed by atoms with Crippen LogP contribution in [0.4, 0.5) is 0 Å². The average molecular weight is 1590 g/mol. The number of hydrogen-bond donors (Lipinski definition) is 0. The molecule has 0 aliphatic heterocycles. The van der Waals surface area contributed by atoms with E-state index in [1.807, 2.05) is 0 Å². The molecule has 12 heteroatoms. The highest BCUT2D eigenvalue weighted by molar-refractivity contribution is 5.73. The molecular formula is C100H200N4O8. The van der Waals surface area contributed by atoms with Gasteiger partial charge in [0, 0.05) is 39.0 Å². The fraction of sp³-hybridized carbons (Fsp3) is 0.960. The number of carbonyl (C=O) groups excluding carboxylic acids is 4. The van der Waals surface area contributed by atoms with Crippen molar-refractivity contribution in [3.63, 3.8) is 0 Å². The van der Waals surface area contributed by atoms with E-state index in [9.17, 15) is 19.2 Å². The van der Waals surface area contributed by atoms with Gasteiger partial charge in [-0.25, -0.2) is 0 Å². The Kier molecular flexibility index (Phi) is 90.8. The Bertz CT molecular complexity index is 1840. The first-order valence-electron chi connectivity index (χ1n) is 50.1. The number of likely N-dealkylation sites (N-methyl/N-ethyl adjacent to an activating group) is 2. The maximum Gasteiger partial charge on any atom is 0.308 e. The molecule has 0 saturated carbocycles. The Hall–Kier alpha value is -2.28. The topological polar surface area (TPSA) is 118 Å². The van der Waals surface area contributed by atoms with Gasteiger partial charge in [0.25, 0.3) is 0 Å². The van der Waals surface area contributed by atoms with Gasteiger partial charge >= 0.3 is 23.9 Å². The standard InChI is InChI=1S/C54H108N2O4.C46H92N2O4/c1-7-11-15-19-27-35-43-51(41-33-17-13-9-3)53(57)59-49-39-31-25-21-23-29-37-45-56(48-47-55(5)6)46-38-30-24-22-26-32-40-50-60-54(58)52(42-34-18-14-10-4)44-36-28-20-16-12-8-2;1-7-11-15-19-21-26-33-43(31-24-17-13-9-3)41-51-45(49)35-28-23-29-37-48(40-39-47(5)6)38-30-36-46(50)52-42-44(32-25-18-14-10-4)34-27-22-20-16-12-8-2/h51-52H,7-50H2,1-6H3;43-44H,7-42H2,1-6H3. The summed E-state index contributed by atoms with van der Waals surface area (Å²) in [5, 5.41) is 0. The summed E-state index contributed by atoms with van der Waals surface area (Å²) in [4.78, 5) is 61.0. The lowest BCUT2D eigenvalue weighted by molar-refractivity contribution is -0.150. The van der Waals surface area contributed by atoms with Gasteiger partial charge in [-0.1, -0.05) is 383 Å². The molecule has 4 atom stereocenters. The summed E-state index contributed by atoms with van der Waals surface area (Å²) in [5.41, 5.74) is 0. The fourth-order valence-electron chi connectivity index (χ4n) is 15.9. The second kappa shape index (κ2) is 91.0. The number of unbranched alkanes of at least 4 members (excludes halogenated alkanes) is 46. The van der Waals surface area contributed by atoms with E-state index < -0.39 is 0 Å². The fourth-order valence-corrected chi connectivity index (χ4v) is 15.9. The first-order chi connectivity index (χ1) is 54.7. The normalized spacial score (nSPS) is 12.8. The Labute approximate surface area is 700 Å². The van der Waals surface area contributed by atoms with Gasteiger partial charge < -0.3 is 38.5 Å². The Balaban J connectivity index is 0. The average Bonchev–Trinajstić information content (AvgIpc) is 0.951. The summed E-state index contributed by atoms with van der Waals surface area (Å²) >= 11 is 0. The maximum atomic E-state index is 12.9. The summed E-state index contributed by atoms with van der Waals surface area (Å²) in [6.07, 6.45) is 82.4. The van der Waals surface area contributed by atoms with E-state index in [1.54, 1.807) is 0 Å². The molecule has 0 radical (unpaired) electrons. The van der Waals surface area contributed by atoms with Crippen molar-refractivity contribution in [1.29, 1.82) is 0 Å². The van der Waals surface area contributed by atoms with Gasteiger partial charge in [0.1, 0.15) is 0 Å². The summed E-state index contributed by atoms with van der Waals surface area (Å²) in [6.45, 7) is 29.2. The highest BCUT2D eigenvalue weighted by Crippen LogP contribution is 2.26. The summed E-state index contributed by atoms with van der Waals surface area (Å²) in [5.74, 6) is 1.41. The molecule has 0 aliphatic rings. The minimum Gasteiger partial charge on any atom is -0.465 e. The lowest BCUT2D eigenvalue weighted by atomic mass is 9.94. The van der Waals surface area contributed by atoms with Crippen molar-refractivity contribution in [3.8, 4) is 0 Å². The zero-order valence-electron chi connectivity index (χ0n) is 77.9. The van der Waals surface area contributed by atoms with E-state index in [0.29, 0.717) is 51.1 Å². The van der Waals surface area contributed by atoms with Crippen molar-refractivity contribution in [1.82, 2.24) is 19.6 Å². The van der Waals surface area contributed by atoms with E-state index in [4.69, 9.17) is 18.9 Å². The van der Waals surface area contributed by atoms with Crippen molar-refractivity contribution in [2.24, 2.45) is 23.7 Å². The number of ether oxygens (including phenoxy) is 4. The van der Waals surface area contributed by atoms with Gasteiger partial charge in [-0.15, -0.1) is 0 Å². The van der Waals surface area contributed by atoms with Crippen LogP contribution in [0.2, 0.25) is 0 Å². The summed E-state index contributed by atoms with van der Waals surface area (Å²) in [6, 6.07) is 0. The molecule has 112 heavy (non-hydrogen) atoms. The first-order valence-corrected chi connectivity index (χ1v) is 50.1. The van der Waals surface area contributed by atoms with Gasteiger partial charge in [-0.2, -0.15) is 0 Å². The van der Waals surface area contributed by atoms with Gasteiger partial charge in [-0.05, 0) is 163 Å². The van der Waals surface area contributed by atoms with Crippen molar-refractivity contribution in [3.05, 3.63) is 0 Å². The van der Waals surface area contributed by atoms with E-state index >= 15 is 0 Å². The van der Waals surface area contributed by atoms with Crippen LogP contribution < -0.4 is 0 Å². The second-order valence-electron chi connectivity index (χ2n) is 35.6. The summed E-state index contributed by atoms with van der Waals surface area (Å²) < 4.78 is 23.3. The molecule has 0 bridgehead atoms. The van der Waals surface area contributed by atoms with Crippen LogP contribution in [0.5, 0.6) is 0 Å². The molecule has 0 rings (SSSR count). The smallest absolute Gasteiger partial charge is 0.308 e. The zero-order chi connectivity index (χ0) is 82.3. The SMILES string of the molecule is CCCCCCCCC(CCCCCC)C(=O)OCCCCCCCCCN(CCCCCCCCCOC(=O)C(CCCCCC)CCCCCCCC)CCN(C)C.CCCCCCCCC(CCCCCC)COC(=O)CCCCCN(CCCC(=O)OCC(CCCCCC)CCCCCCCC)CCN(C)C. The van der Waals surface area contributed by atoms with Crippen molar-refractivity contribution in [2.75, 3.05) is 107 Å². The molecular weight excluding hydrogens is 1390 g/mol.